The fraction of sp³-hybridized carbons (Fsp3) is 0.400. The normalized spacial score (nSPS) is 10.6. The second kappa shape index (κ2) is 5.22. The van der Waals surface area contributed by atoms with Crippen LogP contribution in [0.1, 0.15) is 0 Å². The predicted molar refractivity (Wildman–Crippen MR) is 62.6 cm³/mol. The summed E-state index contributed by atoms with van der Waals surface area (Å²) >= 11 is 3.38. The molecule has 78 valence electrons. The van der Waals surface area contributed by atoms with E-state index in [0.29, 0.717) is 12.3 Å². The Morgan fingerprint density at radius 3 is 2.79 bits per heavy atom. The molecule has 0 atom stereocenters. The summed E-state index contributed by atoms with van der Waals surface area (Å²) in [5, 5.41) is 0. The molecule has 0 fully saturated rings. The number of likely N-dealkylation sites (N-methyl/N-ethyl adjacent to an activating group) is 1. The van der Waals surface area contributed by atoms with Gasteiger partial charge in [0.15, 0.2) is 0 Å². The SMILES string of the molecule is CN(C)CCOc1cccc(N)c1Br. The maximum Gasteiger partial charge on any atom is 0.135 e. The van der Waals surface area contributed by atoms with Gasteiger partial charge in [-0.3, -0.25) is 0 Å². The molecule has 14 heavy (non-hydrogen) atoms. The highest BCUT2D eigenvalue weighted by Crippen LogP contribution is 2.29. The summed E-state index contributed by atoms with van der Waals surface area (Å²) in [6, 6.07) is 5.62. The lowest BCUT2D eigenvalue weighted by atomic mass is 10.3. The molecule has 3 nitrogen and oxygen atoms in total. The number of rotatable bonds is 4. The lowest BCUT2D eigenvalue weighted by molar-refractivity contribution is 0.260. The van der Waals surface area contributed by atoms with Gasteiger partial charge in [0.2, 0.25) is 0 Å². The van der Waals surface area contributed by atoms with E-state index in [1.165, 1.54) is 0 Å². The van der Waals surface area contributed by atoms with Crippen molar-refractivity contribution in [2.24, 2.45) is 0 Å². The van der Waals surface area contributed by atoms with E-state index in [2.05, 4.69) is 20.8 Å². The number of benzene rings is 1. The lowest BCUT2D eigenvalue weighted by Gasteiger charge is -2.12. The Hall–Kier alpha value is -0.740. The molecule has 0 unspecified atom stereocenters. The van der Waals surface area contributed by atoms with Gasteiger partial charge in [-0.1, -0.05) is 6.07 Å². The Balaban J connectivity index is 2.54. The van der Waals surface area contributed by atoms with Gasteiger partial charge in [0.05, 0.1) is 4.47 Å². The fourth-order valence-corrected chi connectivity index (χ4v) is 1.36. The third-order valence-electron chi connectivity index (χ3n) is 1.79. The minimum atomic E-state index is 0.662. The van der Waals surface area contributed by atoms with E-state index < -0.39 is 0 Å². The van der Waals surface area contributed by atoms with Crippen molar-refractivity contribution < 1.29 is 4.74 Å². The molecule has 0 radical (unpaired) electrons. The monoisotopic (exact) mass is 258 g/mol. The van der Waals surface area contributed by atoms with Crippen molar-refractivity contribution >= 4 is 21.6 Å². The zero-order valence-electron chi connectivity index (χ0n) is 8.46. The van der Waals surface area contributed by atoms with Crippen LogP contribution in [0.15, 0.2) is 22.7 Å². The smallest absolute Gasteiger partial charge is 0.135 e. The molecule has 1 aromatic carbocycles. The van der Waals surface area contributed by atoms with Crippen molar-refractivity contribution in [3.05, 3.63) is 22.7 Å². The maximum absolute atomic E-state index is 5.71. The summed E-state index contributed by atoms with van der Waals surface area (Å²) in [6.45, 7) is 1.55. The van der Waals surface area contributed by atoms with Gasteiger partial charge in [-0.2, -0.15) is 0 Å². The molecule has 0 saturated carbocycles. The van der Waals surface area contributed by atoms with Crippen LogP contribution < -0.4 is 10.5 Å². The highest BCUT2D eigenvalue weighted by Gasteiger charge is 2.03. The van der Waals surface area contributed by atoms with E-state index >= 15 is 0 Å². The van der Waals surface area contributed by atoms with Crippen LogP contribution in [0.25, 0.3) is 0 Å². The van der Waals surface area contributed by atoms with Crippen LogP contribution in [0, 0.1) is 0 Å². The molecule has 0 heterocycles. The van der Waals surface area contributed by atoms with Gasteiger partial charge in [0, 0.05) is 12.2 Å². The molecule has 0 aliphatic heterocycles. The molecule has 1 rings (SSSR count). The van der Waals surface area contributed by atoms with Crippen LogP contribution in [-0.2, 0) is 0 Å². The molecular weight excluding hydrogens is 244 g/mol. The van der Waals surface area contributed by atoms with Crippen molar-refractivity contribution in [2.45, 2.75) is 0 Å². The molecule has 0 saturated heterocycles. The Bertz CT molecular complexity index is 302. The van der Waals surface area contributed by atoms with Crippen molar-refractivity contribution in [3.63, 3.8) is 0 Å². The Morgan fingerprint density at radius 2 is 2.14 bits per heavy atom. The van der Waals surface area contributed by atoms with Crippen LogP contribution >= 0.6 is 15.9 Å². The average molecular weight is 259 g/mol. The Kier molecular flexibility index (Phi) is 4.22. The summed E-state index contributed by atoms with van der Waals surface area (Å²) in [4.78, 5) is 2.07. The van der Waals surface area contributed by atoms with Gasteiger partial charge >= 0.3 is 0 Å². The first-order valence-electron chi connectivity index (χ1n) is 4.43. The molecule has 4 heteroatoms. The second-order valence-electron chi connectivity index (χ2n) is 3.31. The zero-order chi connectivity index (χ0) is 10.6. The number of ether oxygens (including phenoxy) is 1. The summed E-state index contributed by atoms with van der Waals surface area (Å²) in [7, 11) is 4.02. The van der Waals surface area contributed by atoms with Crippen molar-refractivity contribution in [2.75, 3.05) is 33.0 Å². The second-order valence-corrected chi connectivity index (χ2v) is 4.10. The summed E-state index contributed by atoms with van der Waals surface area (Å²) < 4.78 is 6.39. The first-order valence-corrected chi connectivity index (χ1v) is 5.22. The van der Waals surface area contributed by atoms with E-state index in [1.807, 2.05) is 32.3 Å². The first kappa shape index (κ1) is 11.3. The third kappa shape index (κ3) is 3.20. The van der Waals surface area contributed by atoms with Gasteiger partial charge < -0.3 is 15.4 Å². The number of hydrogen-bond acceptors (Lipinski definition) is 3. The minimum Gasteiger partial charge on any atom is -0.491 e. The highest BCUT2D eigenvalue weighted by molar-refractivity contribution is 9.10. The van der Waals surface area contributed by atoms with E-state index in [1.54, 1.807) is 0 Å². The largest absolute Gasteiger partial charge is 0.491 e. The van der Waals surface area contributed by atoms with Crippen LogP contribution in [0.3, 0.4) is 0 Å². The highest BCUT2D eigenvalue weighted by atomic mass is 79.9. The molecule has 1 aromatic rings. The van der Waals surface area contributed by atoms with Gasteiger partial charge in [-0.25, -0.2) is 0 Å². The first-order chi connectivity index (χ1) is 6.61. The number of anilines is 1. The fourth-order valence-electron chi connectivity index (χ4n) is 0.977. The van der Waals surface area contributed by atoms with Crippen molar-refractivity contribution in [3.8, 4) is 5.75 Å². The minimum absolute atomic E-state index is 0.662. The third-order valence-corrected chi connectivity index (χ3v) is 2.64. The molecule has 0 aliphatic carbocycles. The number of halogens is 1. The summed E-state index contributed by atoms with van der Waals surface area (Å²) in [5.74, 6) is 0.798. The van der Waals surface area contributed by atoms with E-state index in [0.717, 1.165) is 16.8 Å². The Morgan fingerprint density at radius 1 is 1.43 bits per heavy atom. The quantitative estimate of drug-likeness (QED) is 0.840. The summed E-state index contributed by atoms with van der Waals surface area (Å²) in [6.07, 6.45) is 0. The van der Waals surface area contributed by atoms with Crippen molar-refractivity contribution in [1.82, 2.24) is 4.90 Å². The van der Waals surface area contributed by atoms with Gasteiger partial charge in [0.25, 0.3) is 0 Å². The van der Waals surface area contributed by atoms with Gasteiger partial charge in [0.1, 0.15) is 12.4 Å². The standard InChI is InChI=1S/C10H15BrN2O/c1-13(2)6-7-14-9-5-3-4-8(12)10(9)11/h3-5H,6-7,12H2,1-2H3. The predicted octanol–water partition coefficient (Wildman–Crippen LogP) is 1.97. The lowest BCUT2D eigenvalue weighted by Crippen LogP contribution is -2.19. The number of hydrogen-bond donors (Lipinski definition) is 1. The molecule has 2 N–H and O–H groups in total. The number of nitrogens with zero attached hydrogens (tertiary/aromatic N) is 1. The molecule has 0 bridgehead atoms. The van der Waals surface area contributed by atoms with E-state index in [4.69, 9.17) is 10.5 Å². The number of nitrogen functional groups attached to an aromatic ring is 1. The number of nitrogens with two attached hydrogens (primary N) is 1. The van der Waals surface area contributed by atoms with Crippen LogP contribution in [-0.4, -0.2) is 32.1 Å². The van der Waals surface area contributed by atoms with Gasteiger partial charge in [-0.15, -0.1) is 0 Å². The average Bonchev–Trinajstić information content (AvgIpc) is 2.12. The molecule has 0 spiro atoms. The zero-order valence-corrected chi connectivity index (χ0v) is 10.0. The van der Waals surface area contributed by atoms with E-state index in [9.17, 15) is 0 Å². The van der Waals surface area contributed by atoms with Crippen LogP contribution in [0.4, 0.5) is 5.69 Å². The van der Waals surface area contributed by atoms with E-state index in [-0.39, 0.29) is 0 Å². The van der Waals surface area contributed by atoms with Crippen LogP contribution in [0.5, 0.6) is 5.75 Å². The molecule has 0 aliphatic rings. The molecular formula is C10H15BrN2O. The summed E-state index contributed by atoms with van der Waals surface area (Å²) in [5.41, 5.74) is 6.42. The Labute approximate surface area is 93.0 Å². The maximum atomic E-state index is 5.71. The molecule has 0 amide bonds. The molecule has 0 aromatic heterocycles. The van der Waals surface area contributed by atoms with Gasteiger partial charge in [-0.05, 0) is 42.2 Å². The topological polar surface area (TPSA) is 38.5 Å². The van der Waals surface area contributed by atoms with Crippen molar-refractivity contribution in [1.29, 1.82) is 0 Å². The van der Waals surface area contributed by atoms with Crippen LogP contribution in [0.2, 0.25) is 0 Å².